The molecule has 1 aliphatic rings. The number of aliphatic hydroxyl groups is 1. The fourth-order valence-corrected chi connectivity index (χ4v) is 2.74. The van der Waals surface area contributed by atoms with Gasteiger partial charge in [-0.15, -0.1) is 0 Å². The van der Waals surface area contributed by atoms with E-state index in [1.54, 1.807) is 49.6 Å². The summed E-state index contributed by atoms with van der Waals surface area (Å²) in [6.45, 7) is 1.93. The molecule has 1 aromatic carbocycles. The highest BCUT2D eigenvalue weighted by molar-refractivity contribution is 5.99. The molecule has 0 saturated heterocycles. The molecule has 5 nitrogen and oxygen atoms in total. The lowest BCUT2D eigenvalue weighted by molar-refractivity contribution is -0.138. The second kappa shape index (κ2) is 4.65. The summed E-state index contributed by atoms with van der Waals surface area (Å²) in [7, 11) is 3.45. The Morgan fingerprint density at radius 2 is 1.90 bits per heavy atom. The number of hydrogen-bond donors (Lipinski definition) is 1. The van der Waals surface area contributed by atoms with Gasteiger partial charge in [0.15, 0.2) is 0 Å². The molecule has 2 aromatic rings. The van der Waals surface area contributed by atoms with Crippen LogP contribution in [-0.4, -0.2) is 40.1 Å². The van der Waals surface area contributed by atoms with Gasteiger partial charge in [0.05, 0.1) is 5.69 Å². The Kier molecular flexibility index (Phi) is 3.04. The molecule has 3 rings (SSSR count). The molecule has 1 aromatic heterocycles. The molecule has 1 N–H and O–H groups in total. The summed E-state index contributed by atoms with van der Waals surface area (Å²) < 4.78 is 0. The average Bonchev–Trinajstić information content (AvgIpc) is 2.70. The third-order valence-corrected chi connectivity index (χ3v) is 3.70. The van der Waals surface area contributed by atoms with Gasteiger partial charge in [0.2, 0.25) is 5.72 Å². The first-order chi connectivity index (χ1) is 9.96. The van der Waals surface area contributed by atoms with Crippen LogP contribution in [-0.2, 0) is 5.72 Å². The number of rotatable bonds is 2. The normalized spacial score (nSPS) is 21.0. The summed E-state index contributed by atoms with van der Waals surface area (Å²) in [5, 5.41) is 14.2. The van der Waals surface area contributed by atoms with Crippen LogP contribution >= 0.6 is 0 Å². The second-order valence-corrected chi connectivity index (χ2v) is 5.40. The predicted molar refractivity (Wildman–Crippen MR) is 78.3 cm³/mol. The topological polar surface area (TPSA) is 56.7 Å². The Balaban J connectivity index is 2.26. The van der Waals surface area contributed by atoms with Crippen molar-refractivity contribution in [3.05, 3.63) is 65.0 Å². The zero-order valence-electron chi connectivity index (χ0n) is 12.2. The first-order valence-electron chi connectivity index (χ1n) is 6.73. The highest BCUT2D eigenvalue weighted by atomic mass is 16.3. The minimum atomic E-state index is -1.58. The quantitative estimate of drug-likeness (QED) is 0.908. The number of amides is 1. The Morgan fingerprint density at radius 3 is 2.52 bits per heavy atom. The molecule has 1 aliphatic heterocycles. The van der Waals surface area contributed by atoms with Gasteiger partial charge in [-0.3, -0.25) is 9.78 Å². The van der Waals surface area contributed by atoms with Crippen molar-refractivity contribution in [1.29, 1.82) is 0 Å². The molecule has 0 radical (unpaired) electrons. The van der Waals surface area contributed by atoms with Gasteiger partial charge in [-0.25, -0.2) is 10.0 Å². The lowest BCUT2D eigenvalue weighted by atomic mass is 9.98. The van der Waals surface area contributed by atoms with Gasteiger partial charge in [-0.05, 0) is 24.6 Å². The molecule has 0 bridgehead atoms. The number of hydrazine groups is 1. The number of pyridine rings is 1. The van der Waals surface area contributed by atoms with Crippen LogP contribution < -0.4 is 0 Å². The summed E-state index contributed by atoms with van der Waals surface area (Å²) in [4.78, 5) is 16.9. The smallest absolute Gasteiger partial charge is 0.271 e. The van der Waals surface area contributed by atoms with Crippen molar-refractivity contribution in [2.45, 2.75) is 12.6 Å². The van der Waals surface area contributed by atoms with Crippen molar-refractivity contribution in [1.82, 2.24) is 15.0 Å². The number of fused-ring (bicyclic) bond motifs is 1. The number of nitrogens with zero attached hydrogens (tertiary/aromatic N) is 3. The Labute approximate surface area is 123 Å². The highest BCUT2D eigenvalue weighted by Crippen LogP contribution is 2.41. The molecular formula is C16H17N3O2. The zero-order chi connectivity index (χ0) is 15.2. The van der Waals surface area contributed by atoms with E-state index in [1.165, 1.54) is 5.01 Å². The van der Waals surface area contributed by atoms with Gasteiger partial charge in [0.25, 0.3) is 5.91 Å². The average molecular weight is 283 g/mol. The maximum absolute atomic E-state index is 12.6. The third-order valence-electron chi connectivity index (χ3n) is 3.70. The van der Waals surface area contributed by atoms with Crippen LogP contribution in [0.3, 0.4) is 0 Å². The van der Waals surface area contributed by atoms with Crippen LogP contribution in [0.2, 0.25) is 0 Å². The maximum Gasteiger partial charge on any atom is 0.271 e. The molecule has 1 atom stereocenters. The van der Waals surface area contributed by atoms with Gasteiger partial charge in [-0.2, -0.15) is 0 Å². The SMILES string of the molecule is Cc1ccc(C2(O)c3ccccc3C(=O)N2N(C)C)nc1. The van der Waals surface area contributed by atoms with E-state index in [-0.39, 0.29) is 5.91 Å². The minimum absolute atomic E-state index is 0.236. The van der Waals surface area contributed by atoms with Crippen LogP contribution in [0.15, 0.2) is 42.6 Å². The molecule has 0 fully saturated rings. The van der Waals surface area contributed by atoms with Gasteiger partial charge in [-0.1, -0.05) is 24.3 Å². The highest BCUT2D eigenvalue weighted by Gasteiger charge is 2.52. The molecule has 0 aliphatic carbocycles. The predicted octanol–water partition coefficient (Wildman–Crippen LogP) is 1.52. The molecule has 0 saturated carbocycles. The number of aryl methyl sites for hydroxylation is 1. The fraction of sp³-hybridized carbons (Fsp3) is 0.250. The van der Waals surface area contributed by atoms with E-state index in [0.29, 0.717) is 16.8 Å². The number of aromatic nitrogens is 1. The van der Waals surface area contributed by atoms with Gasteiger partial charge in [0, 0.05) is 31.4 Å². The lowest BCUT2D eigenvalue weighted by Gasteiger charge is -2.37. The number of hydrogen-bond acceptors (Lipinski definition) is 4. The largest absolute Gasteiger partial charge is 0.361 e. The van der Waals surface area contributed by atoms with Crippen molar-refractivity contribution in [2.24, 2.45) is 0 Å². The van der Waals surface area contributed by atoms with E-state index in [2.05, 4.69) is 4.98 Å². The maximum atomic E-state index is 12.6. The van der Waals surface area contributed by atoms with Crippen molar-refractivity contribution in [2.75, 3.05) is 14.1 Å². The first kappa shape index (κ1) is 13.7. The van der Waals surface area contributed by atoms with Crippen LogP contribution in [0.5, 0.6) is 0 Å². The molecule has 0 spiro atoms. The third kappa shape index (κ3) is 1.86. The molecule has 1 unspecified atom stereocenters. The van der Waals surface area contributed by atoms with E-state index in [0.717, 1.165) is 5.56 Å². The van der Waals surface area contributed by atoms with E-state index in [1.807, 2.05) is 19.1 Å². The summed E-state index contributed by atoms with van der Waals surface area (Å²) in [5.74, 6) is -0.236. The first-order valence-corrected chi connectivity index (χ1v) is 6.73. The van der Waals surface area contributed by atoms with Crippen molar-refractivity contribution >= 4 is 5.91 Å². The Morgan fingerprint density at radius 1 is 1.19 bits per heavy atom. The summed E-state index contributed by atoms with van der Waals surface area (Å²) in [5.41, 5.74) is 0.901. The molecule has 2 heterocycles. The van der Waals surface area contributed by atoms with Gasteiger partial charge in [0.1, 0.15) is 0 Å². The fourth-order valence-electron chi connectivity index (χ4n) is 2.74. The minimum Gasteiger partial charge on any atom is -0.361 e. The number of benzene rings is 1. The molecular weight excluding hydrogens is 266 g/mol. The Bertz CT molecular complexity index is 697. The zero-order valence-corrected chi connectivity index (χ0v) is 12.2. The van der Waals surface area contributed by atoms with E-state index in [9.17, 15) is 9.90 Å². The molecule has 5 heteroatoms. The molecule has 1 amide bonds. The van der Waals surface area contributed by atoms with E-state index >= 15 is 0 Å². The number of carbonyl (C=O) groups is 1. The standard InChI is InChI=1S/C16H17N3O2/c1-11-8-9-14(17-10-11)16(21)13-7-5-4-6-12(13)15(20)19(16)18(2)3/h4-10,21H,1-3H3. The van der Waals surface area contributed by atoms with Crippen molar-refractivity contribution in [3.8, 4) is 0 Å². The number of carbonyl (C=O) groups excluding carboxylic acids is 1. The van der Waals surface area contributed by atoms with Crippen LogP contribution in [0.1, 0.15) is 27.2 Å². The Hall–Kier alpha value is -2.24. The van der Waals surface area contributed by atoms with Gasteiger partial charge < -0.3 is 5.11 Å². The second-order valence-electron chi connectivity index (χ2n) is 5.40. The van der Waals surface area contributed by atoms with Crippen LogP contribution in [0.25, 0.3) is 0 Å². The lowest BCUT2D eigenvalue weighted by Crippen LogP contribution is -2.52. The summed E-state index contributed by atoms with van der Waals surface area (Å²) in [6, 6.07) is 10.7. The van der Waals surface area contributed by atoms with Crippen molar-refractivity contribution in [3.63, 3.8) is 0 Å². The molecule has 21 heavy (non-hydrogen) atoms. The van der Waals surface area contributed by atoms with Crippen molar-refractivity contribution < 1.29 is 9.90 Å². The summed E-state index contributed by atoms with van der Waals surface area (Å²) >= 11 is 0. The van der Waals surface area contributed by atoms with Crippen LogP contribution in [0, 0.1) is 6.92 Å². The summed E-state index contributed by atoms with van der Waals surface area (Å²) in [6.07, 6.45) is 1.69. The monoisotopic (exact) mass is 283 g/mol. The van der Waals surface area contributed by atoms with Crippen LogP contribution in [0.4, 0.5) is 0 Å². The van der Waals surface area contributed by atoms with E-state index < -0.39 is 5.72 Å². The van der Waals surface area contributed by atoms with E-state index in [4.69, 9.17) is 0 Å². The molecule has 108 valence electrons. The van der Waals surface area contributed by atoms with Gasteiger partial charge >= 0.3 is 0 Å².